The average Bonchev–Trinajstić information content (AvgIpc) is 3.38. The molecular formula is C21H25N3O2. The van der Waals surface area contributed by atoms with E-state index in [1.807, 2.05) is 6.20 Å². The molecule has 2 heterocycles. The van der Waals surface area contributed by atoms with Crippen LogP contribution in [0.2, 0.25) is 0 Å². The zero-order valence-corrected chi connectivity index (χ0v) is 15.4. The molecule has 5 heteroatoms. The van der Waals surface area contributed by atoms with E-state index >= 15 is 0 Å². The number of hydrogen-bond donors (Lipinski definition) is 0. The molecule has 0 amide bonds. The van der Waals surface area contributed by atoms with E-state index in [2.05, 4.69) is 54.2 Å². The maximum absolute atomic E-state index is 5.60. The maximum Gasteiger partial charge on any atom is 0.177 e. The van der Waals surface area contributed by atoms with Crippen LogP contribution in [0.3, 0.4) is 0 Å². The van der Waals surface area contributed by atoms with Gasteiger partial charge in [-0.25, -0.2) is 4.68 Å². The highest BCUT2D eigenvalue weighted by Gasteiger charge is 2.19. The normalized spacial score (nSPS) is 18.0. The van der Waals surface area contributed by atoms with Crippen LogP contribution in [0.15, 0.2) is 24.4 Å². The molecule has 1 saturated heterocycles. The SMILES string of the molecule is CC(C)c1cc(C#CC2CC2)ccc1-c1cn(CC2OCCCO2)nn1. The molecule has 1 aromatic carbocycles. The lowest BCUT2D eigenvalue weighted by molar-refractivity contribution is -0.185. The molecule has 0 spiro atoms. The summed E-state index contributed by atoms with van der Waals surface area (Å²) < 4.78 is 13.0. The number of benzene rings is 1. The Hall–Kier alpha value is -2.16. The molecule has 136 valence electrons. The van der Waals surface area contributed by atoms with Crippen LogP contribution in [0.5, 0.6) is 0 Å². The van der Waals surface area contributed by atoms with Crippen molar-refractivity contribution in [1.29, 1.82) is 0 Å². The van der Waals surface area contributed by atoms with E-state index in [0.717, 1.165) is 36.5 Å². The maximum atomic E-state index is 5.60. The van der Waals surface area contributed by atoms with Crippen LogP contribution in [0.1, 0.15) is 50.2 Å². The fraction of sp³-hybridized carbons (Fsp3) is 0.524. The fourth-order valence-electron chi connectivity index (χ4n) is 3.07. The Balaban J connectivity index is 1.55. The zero-order valence-electron chi connectivity index (χ0n) is 15.4. The van der Waals surface area contributed by atoms with Gasteiger partial charge < -0.3 is 9.47 Å². The Labute approximate surface area is 154 Å². The topological polar surface area (TPSA) is 49.2 Å². The van der Waals surface area contributed by atoms with Crippen molar-refractivity contribution < 1.29 is 9.47 Å². The summed E-state index contributed by atoms with van der Waals surface area (Å²) in [7, 11) is 0. The highest BCUT2D eigenvalue weighted by Crippen LogP contribution is 2.30. The lowest BCUT2D eigenvalue weighted by Crippen LogP contribution is -2.29. The smallest absolute Gasteiger partial charge is 0.177 e. The lowest BCUT2D eigenvalue weighted by atomic mass is 9.93. The van der Waals surface area contributed by atoms with Crippen molar-refractivity contribution in [3.8, 4) is 23.1 Å². The van der Waals surface area contributed by atoms with Crippen molar-refractivity contribution in [3.05, 3.63) is 35.5 Å². The van der Waals surface area contributed by atoms with Crippen LogP contribution in [-0.2, 0) is 16.0 Å². The van der Waals surface area contributed by atoms with E-state index in [9.17, 15) is 0 Å². The Morgan fingerprint density at radius 2 is 2.04 bits per heavy atom. The molecule has 1 aromatic heterocycles. The largest absolute Gasteiger partial charge is 0.351 e. The third-order valence-corrected chi connectivity index (χ3v) is 4.72. The Kier molecular flexibility index (Phi) is 5.05. The van der Waals surface area contributed by atoms with Crippen LogP contribution < -0.4 is 0 Å². The first-order chi connectivity index (χ1) is 12.7. The fourth-order valence-corrected chi connectivity index (χ4v) is 3.07. The minimum Gasteiger partial charge on any atom is -0.351 e. The number of hydrogen-bond acceptors (Lipinski definition) is 4. The predicted molar refractivity (Wildman–Crippen MR) is 99.5 cm³/mol. The van der Waals surface area contributed by atoms with E-state index in [1.54, 1.807) is 4.68 Å². The van der Waals surface area contributed by atoms with Crippen molar-refractivity contribution in [1.82, 2.24) is 15.0 Å². The van der Waals surface area contributed by atoms with E-state index in [1.165, 1.54) is 18.4 Å². The molecule has 2 aromatic rings. The average molecular weight is 351 g/mol. The molecule has 0 N–H and O–H groups in total. The van der Waals surface area contributed by atoms with Crippen LogP contribution >= 0.6 is 0 Å². The molecule has 0 atom stereocenters. The Morgan fingerprint density at radius 3 is 2.77 bits per heavy atom. The van der Waals surface area contributed by atoms with E-state index < -0.39 is 0 Å². The quantitative estimate of drug-likeness (QED) is 0.790. The van der Waals surface area contributed by atoms with Crippen molar-refractivity contribution in [2.24, 2.45) is 5.92 Å². The first kappa shape index (κ1) is 17.3. The standard InChI is InChI=1S/C21H25N3O2/c1-15(2)19-12-17(7-6-16-4-5-16)8-9-18(19)20-13-24(23-22-20)14-21-25-10-3-11-26-21/h8-9,12-13,15-16,21H,3-5,10-11,14H2,1-2H3. The molecule has 1 aliphatic carbocycles. The Morgan fingerprint density at radius 1 is 1.23 bits per heavy atom. The van der Waals surface area contributed by atoms with E-state index in [-0.39, 0.29) is 6.29 Å². The zero-order chi connectivity index (χ0) is 17.9. The van der Waals surface area contributed by atoms with E-state index in [4.69, 9.17) is 9.47 Å². The molecule has 26 heavy (non-hydrogen) atoms. The van der Waals surface area contributed by atoms with Crippen LogP contribution in [0, 0.1) is 17.8 Å². The summed E-state index contributed by atoms with van der Waals surface area (Å²) in [6.45, 7) is 6.45. The summed E-state index contributed by atoms with van der Waals surface area (Å²) in [4.78, 5) is 0. The summed E-state index contributed by atoms with van der Waals surface area (Å²) in [5.74, 6) is 7.66. The van der Waals surface area contributed by atoms with Gasteiger partial charge in [-0.2, -0.15) is 0 Å². The summed E-state index contributed by atoms with van der Waals surface area (Å²) >= 11 is 0. The van der Waals surface area contributed by atoms with Crippen molar-refractivity contribution in [3.63, 3.8) is 0 Å². The molecule has 0 bridgehead atoms. The van der Waals surface area contributed by atoms with Gasteiger partial charge in [-0.3, -0.25) is 0 Å². The van der Waals surface area contributed by atoms with Gasteiger partial charge in [-0.05, 0) is 42.9 Å². The number of rotatable bonds is 4. The molecule has 0 radical (unpaired) electrons. The van der Waals surface area contributed by atoms with Gasteiger partial charge in [0.15, 0.2) is 6.29 Å². The molecule has 0 unspecified atom stereocenters. The van der Waals surface area contributed by atoms with Gasteiger partial charge in [0.1, 0.15) is 5.69 Å². The first-order valence-electron chi connectivity index (χ1n) is 9.48. The second-order valence-electron chi connectivity index (χ2n) is 7.35. The summed E-state index contributed by atoms with van der Waals surface area (Å²) in [6.07, 6.45) is 5.19. The van der Waals surface area contributed by atoms with Crippen LogP contribution in [0.25, 0.3) is 11.3 Å². The first-order valence-corrected chi connectivity index (χ1v) is 9.48. The third-order valence-electron chi connectivity index (χ3n) is 4.72. The monoisotopic (exact) mass is 351 g/mol. The van der Waals surface area contributed by atoms with Gasteiger partial charge in [0.05, 0.1) is 26.0 Å². The summed E-state index contributed by atoms with van der Waals surface area (Å²) in [5.41, 5.74) is 4.34. The van der Waals surface area contributed by atoms with Crippen molar-refractivity contribution in [2.45, 2.75) is 51.9 Å². The summed E-state index contributed by atoms with van der Waals surface area (Å²) in [6, 6.07) is 6.40. The van der Waals surface area contributed by atoms with Crippen molar-refractivity contribution >= 4 is 0 Å². The molecule has 2 fully saturated rings. The van der Waals surface area contributed by atoms with Crippen LogP contribution in [-0.4, -0.2) is 34.5 Å². The highest BCUT2D eigenvalue weighted by molar-refractivity contribution is 5.65. The second kappa shape index (κ2) is 7.61. The number of aromatic nitrogens is 3. The van der Waals surface area contributed by atoms with Gasteiger partial charge in [0, 0.05) is 17.0 Å². The molecule has 1 saturated carbocycles. The van der Waals surface area contributed by atoms with Gasteiger partial charge in [0.2, 0.25) is 0 Å². The molecular weight excluding hydrogens is 326 g/mol. The number of nitrogens with zero attached hydrogens (tertiary/aromatic N) is 3. The van der Waals surface area contributed by atoms with Gasteiger partial charge in [-0.1, -0.05) is 37.0 Å². The minimum atomic E-state index is -0.233. The molecule has 2 aliphatic rings. The third kappa shape index (κ3) is 4.14. The van der Waals surface area contributed by atoms with Crippen molar-refractivity contribution in [2.75, 3.05) is 13.2 Å². The van der Waals surface area contributed by atoms with E-state index in [0.29, 0.717) is 18.4 Å². The predicted octanol–water partition coefficient (Wildman–Crippen LogP) is 3.59. The van der Waals surface area contributed by atoms with Crippen LogP contribution in [0.4, 0.5) is 0 Å². The lowest BCUT2D eigenvalue weighted by Gasteiger charge is -2.22. The van der Waals surface area contributed by atoms with Gasteiger partial charge in [0.25, 0.3) is 0 Å². The van der Waals surface area contributed by atoms with Gasteiger partial charge >= 0.3 is 0 Å². The van der Waals surface area contributed by atoms with Gasteiger partial charge in [-0.15, -0.1) is 5.10 Å². The highest BCUT2D eigenvalue weighted by atomic mass is 16.7. The molecule has 1 aliphatic heterocycles. The minimum absolute atomic E-state index is 0.233. The summed E-state index contributed by atoms with van der Waals surface area (Å²) in [5, 5.41) is 8.63. The Bertz CT molecular complexity index is 821. The number of ether oxygens (including phenoxy) is 2. The second-order valence-corrected chi connectivity index (χ2v) is 7.35. The molecule has 4 rings (SSSR count). The molecule has 5 nitrogen and oxygen atoms in total.